The molecule has 1 aliphatic rings. The zero-order chi connectivity index (χ0) is 14.8. The number of nitrogens with one attached hydrogen (secondary N) is 1. The second-order valence-corrected chi connectivity index (χ2v) is 5.68. The predicted molar refractivity (Wildman–Crippen MR) is 89.5 cm³/mol. The normalized spacial score (nSPS) is 17.9. The lowest BCUT2D eigenvalue weighted by atomic mass is 10.1. The number of nitrogens with zero attached hydrogens (tertiary/aromatic N) is 1. The Morgan fingerprint density at radius 3 is 2.81 bits per heavy atom. The number of hydrogen-bond acceptors (Lipinski definition) is 2. The average molecular weight is 299 g/mol. The van der Waals surface area contributed by atoms with E-state index in [-0.39, 0.29) is 12.1 Å². The van der Waals surface area contributed by atoms with Crippen molar-refractivity contribution in [2.45, 2.75) is 18.9 Å². The van der Waals surface area contributed by atoms with E-state index in [4.69, 9.17) is 18.0 Å². The number of fused-ring (bicyclic) bond motifs is 1. The van der Waals surface area contributed by atoms with Gasteiger partial charge in [0, 0.05) is 11.9 Å². The number of thiocarbonyl (C=S) groups is 1. The van der Waals surface area contributed by atoms with E-state index in [0.29, 0.717) is 11.5 Å². The van der Waals surface area contributed by atoms with Gasteiger partial charge in [0.25, 0.3) is 0 Å². The second kappa shape index (κ2) is 5.69. The van der Waals surface area contributed by atoms with E-state index in [2.05, 4.69) is 5.32 Å². The number of carbonyl (C=O) groups is 1. The van der Waals surface area contributed by atoms with Crippen molar-refractivity contribution in [3.05, 3.63) is 42.5 Å². The first-order valence-electron chi connectivity index (χ1n) is 7.01. The number of rotatable bonds is 2. The molecule has 1 unspecified atom stereocenters. The van der Waals surface area contributed by atoms with Crippen LogP contribution in [0.15, 0.2) is 42.5 Å². The van der Waals surface area contributed by atoms with Crippen molar-refractivity contribution in [2.24, 2.45) is 5.73 Å². The zero-order valence-corrected chi connectivity index (χ0v) is 12.4. The minimum absolute atomic E-state index is 0.130. The van der Waals surface area contributed by atoms with Crippen molar-refractivity contribution in [1.29, 1.82) is 0 Å². The molecule has 4 nitrogen and oxygen atoms in total. The van der Waals surface area contributed by atoms with Gasteiger partial charge in [-0.25, -0.2) is 4.79 Å². The Morgan fingerprint density at radius 2 is 2.00 bits per heavy atom. The lowest BCUT2D eigenvalue weighted by Gasteiger charge is -2.24. The summed E-state index contributed by atoms with van der Waals surface area (Å²) in [5.41, 5.74) is 6.53. The van der Waals surface area contributed by atoms with Crippen molar-refractivity contribution in [1.82, 2.24) is 4.90 Å². The summed E-state index contributed by atoms with van der Waals surface area (Å²) in [6.45, 7) is 0.693. The molecule has 1 atom stereocenters. The first kappa shape index (κ1) is 13.8. The molecule has 21 heavy (non-hydrogen) atoms. The molecule has 1 saturated heterocycles. The second-order valence-electron chi connectivity index (χ2n) is 5.21. The molecular weight excluding hydrogens is 282 g/mol. The molecule has 0 aliphatic carbocycles. The number of urea groups is 1. The quantitative estimate of drug-likeness (QED) is 0.838. The van der Waals surface area contributed by atoms with Crippen LogP contribution in [-0.4, -0.2) is 28.5 Å². The molecular formula is C16H17N3OS. The molecule has 3 rings (SSSR count). The minimum Gasteiger partial charge on any atom is -0.392 e. The van der Waals surface area contributed by atoms with Crippen molar-refractivity contribution >= 4 is 39.7 Å². The molecule has 0 radical (unpaired) electrons. The van der Waals surface area contributed by atoms with E-state index < -0.39 is 0 Å². The summed E-state index contributed by atoms with van der Waals surface area (Å²) in [5.74, 6) is 0. The molecule has 2 aromatic rings. The van der Waals surface area contributed by atoms with E-state index in [1.165, 1.54) is 0 Å². The number of carbonyl (C=O) groups excluding carboxylic acids is 1. The molecule has 0 spiro atoms. The highest BCUT2D eigenvalue weighted by molar-refractivity contribution is 7.80. The average Bonchev–Trinajstić information content (AvgIpc) is 2.97. The molecule has 1 fully saturated rings. The number of anilines is 1. The van der Waals surface area contributed by atoms with E-state index >= 15 is 0 Å². The summed E-state index contributed by atoms with van der Waals surface area (Å²) in [6, 6.07) is 13.6. The first-order chi connectivity index (χ1) is 10.2. The van der Waals surface area contributed by atoms with Crippen LogP contribution in [0.25, 0.3) is 10.8 Å². The molecule has 0 aromatic heterocycles. The summed E-state index contributed by atoms with van der Waals surface area (Å²) in [5, 5.41) is 5.11. The molecule has 3 N–H and O–H groups in total. The Hall–Kier alpha value is -2.14. The van der Waals surface area contributed by atoms with Gasteiger partial charge in [-0.15, -0.1) is 0 Å². The van der Waals surface area contributed by atoms with Crippen LogP contribution in [0, 0.1) is 0 Å². The van der Waals surface area contributed by atoms with Gasteiger partial charge in [-0.2, -0.15) is 0 Å². The number of hydrogen-bond donors (Lipinski definition) is 2. The van der Waals surface area contributed by atoms with Crippen LogP contribution >= 0.6 is 12.2 Å². The van der Waals surface area contributed by atoms with E-state index in [9.17, 15) is 4.79 Å². The molecule has 0 bridgehead atoms. The number of nitrogens with two attached hydrogens (primary N) is 1. The molecule has 1 aliphatic heterocycles. The van der Waals surface area contributed by atoms with Crippen LogP contribution in [0.5, 0.6) is 0 Å². The molecule has 2 amide bonds. The third-order valence-corrected chi connectivity index (χ3v) is 4.15. The smallest absolute Gasteiger partial charge is 0.322 e. The maximum Gasteiger partial charge on any atom is 0.322 e. The fourth-order valence-electron chi connectivity index (χ4n) is 2.83. The van der Waals surface area contributed by atoms with Gasteiger partial charge in [-0.1, -0.05) is 48.6 Å². The largest absolute Gasteiger partial charge is 0.392 e. The van der Waals surface area contributed by atoms with Crippen LogP contribution < -0.4 is 11.1 Å². The monoisotopic (exact) mass is 299 g/mol. The summed E-state index contributed by atoms with van der Waals surface area (Å²) in [6.07, 6.45) is 1.78. The Balaban J connectivity index is 1.85. The summed E-state index contributed by atoms with van der Waals surface area (Å²) < 4.78 is 0. The summed E-state index contributed by atoms with van der Waals surface area (Å²) in [4.78, 5) is 14.6. The van der Waals surface area contributed by atoms with E-state index in [1.54, 1.807) is 4.90 Å². The van der Waals surface area contributed by atoms with Gasteiger partial charge >= 0.3 is 6.03 Å². The van der Waals surface area contributed by atoms with Crippen molar-refractivity contribution in [3.63, 3.8) is 0 Å². The van der Waals surface area contributed by atoms with E-state index in [0.717, 1.165) is 29.3 Å². The molecule has 2 aromatic carbocycles. The van der Waals surface area contributed by atoms with Crippen LogP contribution in [0.2, 0.25) is 0 Å². The Bertz CT molecular complexity index is 695. The van der Waals surface area contributed by atoms with Crippen LogP contribution in [0.1, 0.15) is 12.8 Å². The molecule has 1 heterocycles. The van der Waals surface area contributed by atoms with Gasteiger partial charge in [-0.3, -0.25) is 0 Å². The SMILES string of the molecule is NC(=S)C1CCCN1C(=O)Nc1cccc2ccccc12. The van der Waals surface area contributed by atoms with Gasteiger partial charge in [0.05, 0.1) is 16.7 Å². The van der Waals surface area contributed by atoms with Gasteiger partial charge < -0.3 is 16.0 Å². The Kier molecular flexibility index (Phi) is 3.75. The van der Waals surface area contributed by atoms with Crippen LogP contribution in [0.3, 0.4) is 0 Å². The lowest BCUT2D eigenvalue weighted by molar-refractivity contribution is 0.217. The topological polar surface area (TPSA) is 58.4 Å². The van der Waals surface area contributed by atoms with Gasteiger partial charge in [-0.05, 0) is 24.3 Å². The Morgan fingerprint density at radius 1 is 1.24 bits per heavy atom. The van der Waals surface area contributed by atoms with Crippen molar-refractivity contribution in [3.8, 4) is 0 Å². The highest BCUT2D eigenvalue weighted by atomic mass is 32.1. The third kappa shape index (κ3) is 2.69. The fraction of sp³-hybridized carbons (Fsp3) is 0.250. The Labute approximate surface area is 128 Å². The number of likely N-dealkylation sites (tertiary alicyclic amines) is 1. The third-order valence-electron chi connectivity index (χ3n) is 3.87. The maximum atomic E-state index is 12.5. The van der Waals surface area contributed by atoms with Gasteiger partial charge in [0.2, 0.25) is 0 Å². The van der Waals surface area contributed by atoms with Gasteiger partial charge in [0.15, 0.2) is 0 Å². The van der Waals surface area contributed by atoms with Crippen molar-refractivity contribution < 1.29 is 4.79 Å². The van der Waals surface area contributed by atoms with E-state index in [1.807, 2.05) is 42.5 Å². The number of amides is 2. The molecule has 108 valence electrons. The van der Waals surface area contributed by atoms with Crippen LogP contribution in [-0.2, 0) is 0 Å². The first-order valence-corrected chi connectivity index (χ1v) is 7.42. The predicted octanol–water partition coefficient (Wildman–Crippen LogP) is 3.12. The highest BCUT2D eigenvalue weighted by Crippen LogP contribution is 2.25. The summed E-state index contributed by atoms with van der Waals surface area (Å²) >= 11 is 5.05. The molecule has 5 heteroatoms. The minimum atomic E-state index is -0.137. The standard InChI is InChI=1S/C16H17N3OS/c17-15(21)14-9-4-10-19(14)16(20)18-13-8-3-6-11-5-1-2-7-12(11)13/h1-3,5-8,14H,4,9-10H2,(H2,17,21)(H,18,20). The maximum absolute atomic E-state index is 12.5. The summed E-state index contributed by atoms with van der Waals surface area (Å²) in [7, 11) is 0. The molecule has 0 saturated carbocycles. The van der Waals surface area contributed by atoms with Crippen LogP contribution in [0.4, 0.5) is 10.5 Å². The number of benzene rings is 2. The highest BCUT2D eigenvalue weighted by Gasteiger charge is 2.30. The zero-order valence-electron chi connectivity index (χ0n) is 11.6. The fourth-order valence-corrected chi connectivity index (χ4v) is 3.07. The van der Waals surface area contributed by atoms with Gasteiger partial charge in [0.1, 0.15) is 0 Å². The van der Waals surface area contributed by atoms with Crippen molar-refractivity contribution in [2.75, 3.05) is 11.9 Å². The lowest BCUT2D eigenvalue weighted by Crippen LogP contribution is -2.44.